The van der Waals surface area contributed by atoms with Crippen LogP contribution in [0.5, 0.6) is 0 Å². The summed E-state index contributed by atoms with van der Waals surface area (Å²) < 4.78 is 16.2. The SMILES string of the molecule is Cn1ccnc1[C@H](NC(=O)NCC1(c2ccccc2)CC1)c1ccccc1F. The highest BCUT2D eigenvalue weighted by Crippen LogP contribution is 2.47. The zero-order chi connectivity index (χ0) is 19.6. The third-order valence-electron chi connectivity index (χ3n) is 5.44. The van der Waals surface area contributed by atoms with E-state index in [9.17, 15) is 9.18 Å². The van der Waals surface area contributed by atoms with Crippen LogP contribution in [0.25, 0.3) is 0 Å². The van der Waals surface area contributed by atoms with E-state index in [2.05, 4.69) is 27.8 Å². The van der Waals surface area contributed by atoms with E-state index in [1.54, 1.807) is 35.2 Å². The fourth-order valence-electron chi connectivity index (χ4n) is 3.59. The van der Waals surface area contributed by atoms with Crippen molar-refractivity contribution in [3.63, 3.8) is 0 Å². The fourth-order valence-corrected chi connectivity index (χ4v) is 3.59. The highest BCUT2D eigenvalue weighted by atomic mass is 19.1. The van der Waals surface area contributed by atoms with Crippen molar-refractivity contribution in [2.24, 2.45) is 7.05 Å². The van der Waals surface area contributed by atoms with Gasteiger partial charge in [-0.05, 0) is 24.5 Å². The number of aryl methyl sites for hydroxylation is 1. The molecule has 2 N–H and O–H groups in total. The summed E-state index contributed by atoms with van der Waals surface area (Å²) in [5.41, 5.74) is 1.64. The number of halogens is 1. The molecule has 1 aromatic heterocycles. The third-order valence-corrected chi connectivity index (χ3v) is 5.44. The van der Waals surface area contributed by atoms with Gasteiger partial charge in [0.15, 0.2) is 0 Å². The quantitative estimate of drug-likeness (QED) is 0.687. The van der Waals surface area contributed by atoms with Gasteiger partial charge in [-0.25, -0.2) is 14.2 Å². The molecule has 3 aromatic rings. The molecule has 2 amide bonds. The van der Waals surface area contributed by atoms with Crippen LogP contribution in [-0.2, 0) is 12.5 Å². The second-order valence-corrected chi connectivity index (χ2v) is 7.32. The Kier molecular flexibility index (Phi) is 4.86. The number of carbonyl (C=O) groups excluding carboxylic acids is 1. The van der Waals surface area contributed by atoms with Crippen LogP contribution in [0.15, 0.2) is 67.0 Å². The number of nitrogens with zero attached hydrogens (tertiary/aromatic N) is 2. The van der Waals surface area contributed by atoms with Gasteiger partial charge in [0, 0.05) is 37.0 Å². The molecule has 144 valence electrons. The van der Waals surface area contributed by atoms with Gasteiger partial charge in [0.2, 0.25) is 0 Å². The second kappa shape index (κ2) is 7.46. The Balaban J connectivity index is 1.49. The van der Waals surface area contributed by atoms with Crippen LogP contribution in [0.4, 0.5) is 9.18 Å². The first-order valence-electron chi connectivity index (χ1n) is 9.41. The summed E-state index contributed by atoms with van der Waals surface area (Å²) in [5, 5.41) is 5.87. The highest BCUT2D eigenvalue weighted by Gasteiger charge is 2.44. The van der Waals surface area contributed by atoms with Crippen molar-refractivity contribution in [3.8, 4) is 0 Å². The maximum Gasteiger partial charge on any atom is 0.315 e. The average molecular weight is 378 g/mol. The van der Waals surface area contributed by atoms with Crippen molar-refractivity contribution in [1.29, 1.82) is 0 Å². The molecule has 28 heavy (non-hydrogen) atoms. The van der Waals surface area contributed by atoms with Gasteiger partial charge in [0.25, 0.3) is 0 Å². The first-order valence-corrected chi connectivity index (χ1v) is 9.41. The number of amides is 2. The average Bonchev–Trinajstić information content (AvgIpc) is 3.40. The summed E-state index contributed by atoms with van der Waals surface area (Å²) in [6.07, 6.45) is 5.51. The van der Waals surface area contributed by atoms with Crippen LogP contribution in [0.3, 0.4) is 0 Å². The predicted octanol–water partition coefficient (Wildman–Crippen LogP) is 3.68. The standard InChI is InChI=1S/C22H23FN4O/c1-27-14-13-24-20(27)19(17-9-5-6-10-18(17)23)26-21(28)25-15-22(11-12-22)16-7-3-2-4-8-16/h2-10,13-14,19H,11-12,15H2,1H3,(H2,25,26,28)/t19-/m1/s1. The Labute approximate surface area is 163 Å². The molecule has 1 atom stereocenters. The normalized spacial score (nSPS) is 15.6. The summed E-state index contributed by atoms with van der Waals surface area (Å²) in [4.78, 5) is 17.0. The minimum Gasteiger partial charge on any atom is -0.337 e. The number of nitrogens with one attached hydrogen (secondary N) is 2. The molecular weight excluding hydrogens is 355 g/mol. The van der Waals surface area contributed by atoms with Crippen molar-refractivity contribution in [3.05, 3.63) is 89.8 Å². The second-order valence-electron chi connectivity index (χ2n) is 7.32. The highest BCUT2D eigenvalue weighted by molar-refractivity contribution is 5.75. The Morgan fingerprint density at radius 3 is 2.54 bits per heavy atom. The van der Waals surface area contributed by atoms with Crippen LogP contribution in [0.2, 0.25) is 0 Å². The van der Waals surface area contributed by atoms with Crippen LogP contribution in [0, 0.1) is 5.82 Å². The molecule has 4 rings (SSSR count). The van der Waals surface area contributed by atoms with Crippen LogP contribution >= 0.6 is 0 Å². The smallest absolute Gasteiger partial charge is 0.315 e. The van der Waals surface area contributed by atoms with Gasteiger partial charge in [-0.3, -0.25) is 0 Å². The number of hydrogen-bond donors (Lipinski definition) is 2. The van der Waals surface area contributed by atoms with Gasteiger partial charge in [0.1, 0.15) is 17.7 Å². The van der Waals surface area contributed by atoms with Crippen molar-refractivity contribution >= 4 is 6.03 Å². The summed E-state index contributed by atoms with van der Waals surface area (Å²) in [6, 6.07) is 15.7. The molecule has 6 heteroatoms. The third kappa shape index (κ3) is 3.63. The van der Waals surface area contributed by atoms with Gasteiger partial charge in [-0.2, -0.15) is 0 Å². The maximum atomic E-state index is 14.4. The number of imidazole rings is 1. The zero-order valence-corrected chi connectivity index (χ0v) is 15.7. The van der Waals surface area contributed by atoms with Gasteiger partial charge in [-0.1, -0.05) is 48.5 Å². The molecule has 0 spiro atoms. The summed E-state index contributed by atoms with van der Waals surface area (Å²) in [7, 11) is 1.82. The molecule has 5 nitrogen and oxygen atoms in total. The molecule has 1 saturated carbocycles. The molecule has 0 bridgehead atoms. The molecule has 1 aliphatic rings. The topological polar surface area (TPSA) is 59.0 Å². The minimum absolute atomic E-state index is 0.00924. The molecule has 0 unspecified atom stereocenters. The lowest BCUT2D eigenvalue weighted by molar-refractivity contribution is 0.237. The minimum atomic E-state index is -0.673. The Bertz CT molecular complexity index is 965. The number of aromatic nitrogens is 2. The maximum absolute atomic E-state index is 14.4. The fraction of sp³-hybridized carbons (Fsp3) is 0.273. The van der Waals surface area contributed by atoms with E-state index >= 15 is 0 Å². The lowest BCUT2D eigenvalue weighted by Crippen LogP contribution is -2.42. The Morgan fingerprint density at radius 2 is 1.89 bits per heavy atom. The number of carbonyl (C=O) groups is 1. The lowest BCUT2D eigenvalue weighted by Gasteiger charge is -2.22. The van der Waals surface area contributed by atoms with Gasteiger partial charge >= 0.3 is 6.03 Å². The van der Waals surface area contributed by atoms with E-state index in [0.29, 0.717) is 17.9 Å². The molecule has 2 aromatic carbocycles. The van der Waals surface area contributed by atoms with E-state index in [0.717, 1.165) is 12.8 Å². The molecule has 0 aliphatic heterocycles. The summed E-state index contributed by atoms with van der Waals surface area (Å²) in [5.74, 6) is 0.197. The van der Waals surface area contributed by atoms with Crippen molar-refractivity contribution in [1.82, 2.24) is 20.2 Å². The Hall–Kier alpha value is -3.15. The first-order chi connectivity index (χ1) is 13.6. The van der Waals surface area contributed by atoms with E-state index in [-0.39, 0.29) is 17.3 Å². The van der Waals surface area contributed by atoms with Crippen molar-refractivity contribution in [2.75, 3.05) is 6.54 Å². The lowest BCUT2D eigenvalue weighted by atomic mass is 9.96. The van der Waals surface area contributed by atoms with Crippen LogP contribution in [0.1, 0.15) is 35.8 Å². The van der Waals surface area contributed by atoms with E-state index < -0.39 is 6.04 Å². The van der Waals surface area contributed by atoms with Gasteiger partial charge in [0.05, 0.1) is 0 Å². The zero-order valence-electron chi connectivity index (χ0n) is 15.7. The monoisotopic (exact) mass is 378 g/mol. The van der Waals surface area contributed by atoms with E-state index in [4.69, 9.17) is 0 Å². The van der Waals surface area contributed by atoms with E-state index in [1.807, 2.05) is 25.2 Å². The summed E-state index contributed by atoms with van der Waals surface area (Å²) in [6.45, 7) is 0.549. The molecule has 1 fully saturated rings. The number of benzene rings is 2. The number of hydrogen-bond acceptors (Lipinski definition) is 2. The molecule has 1 heterocycles. The molecule has 0 radical (unpaired) electrons. The Morgan fingerprint density at radius 1 is 1.18 bits per heavy atom. The van der Waals surface area contributed by atoms with Crippen LogP contribution < -0.4 is 10.6 Å². The first kappa shape index (κ1) is 18.2. The van der Waals surface area contributed by atoms with E-state index in [1.165, 1.54) is 11.6 Å². The number of rotatable bonds is 6. The number of urea groups is 1. The molecule has 0 saturated heterocycles. The van der Waals surface area contributed by atoms with Crippen molar-refractivity contribution in [2.45, 2.75) is 24.3 Å². The molecule has 1 aliphatic carbocycles. The largest absolute Gasteiger partial charge is 0.337 e. The van der Waals surface area contributed by atoms with Gasteiger partial charge < -0.3 is 15.2 Å². The predicted molar refractivity (Wildman–Crippen MR) is 105 cm³/mol. The van der Waals surface area contributed by atoms with Crippen LogP contribution in [-0.4, -0.2) is 22.1 Å². The molecular formula is C22H23FN4O. The summed E-state index contributed by atoms with van der Waals surface area (Å²) >= 11 is 0. The van der Waals surface area contributed by atoms with Gasteiger partial charge in [-0.15, -0.1) is 0 Å². The van der Waals surface area contributed by atoms with Crippen molar-refractivity contribution < 1.29 is 9.18 Å².